The van der Waals surface area contributed by atoms with Crippen molar-refractivity contribution < 1.29 is 0 Å². The van der Waals surface area contributed by atoms with Crippen LogP contribution < -0.4 is 0 Å². The van der Waals surface area contributed by atoms with Crippen LogP contribution >= 0.6 is 31.9 Å². The van der Waals surface area contributed by atoms with Crippen LogP contribution in [0, 0.1) is 23.7 Å². The van der Waals surface area contributed by atoms with Gasteiger partial charge >= 0.3 is 0 Å². The van der Waals surface area contributed by atoms with Crippen LogP contribution in [0.4, 0.5) is 0 Å². The number of allylic oxidation sites excluding steroid dienone is 2. The molecule has 0 bridgehead atoms. The smallest absolute Gasteiger partial charge is 0.0649 e. The van der Waals surface area contributed by atoms with Crippen LogP contribution in [0.3, 0.4) is 0 Å². The fourth-order valence-corrected chi connectivity index (χ4v) is 0.602. The maximum Gasteiger partial charge on any atom is 0.0649 e. The zero-order valence-corrected chi connectivity index (χ0v) is 8.50. The van der Waals surface area contributed by atoms with Gasteiger partial charge in [0.05, 0.1) is 10.7 Å². The quantitative estimate of drug-likeness (QED) is 0.464. The number of rotatable bonds is 0. The fourth-order valence-electron chi connectivity index (χ4n) is 0.278. The molecule has 52 valence electrons. The Labute approximate surface area is 78.3 Å². The summed E-state index contributed by atoms with van der Waals surface area (Å²) in [5.74, 6) is 11.2. The first kappa shape index (κ1) is 9.82. The lowest BCUT2D eigenvalue weighted by atomic mass is 10.5. The molecule has 0 aromatic carbocycles. The number of hydrogen-bond acceptors (Lipinski definition) is 0. The molecule has 0 saturated carbocycles. The molecular formula is C8H6Br2. The maximum atomic E-state index is 3.18. The largest absolute Gasteiger partial charge is 0.0869 e. The van der Waals surface area contributed by atoms with E-state index in [1.165, 1.54) is 0 Å². The Morgan fingerprint density at radius 2 is 1.30 bits per heavy atom. The van der Waals surface area contributed by atoms with E-state index < -0.39 is 0 Å². The van der Waals surface area contributed by atoms with Gasteiger partial charge in [-0.15, -0.1) is 0 Å². The summed E-state index contributed by atoms with van der Waals surface area (Å²) in [6.07, 6.45) is 3.47. The third-order valence-corrected chi connectivity index (χ3v) is 1.15. The molecule has 0 saturated heterocycles. The maximum absolute atomic E-state index is 3.18. The minimum absolute atomic E-state index is 0.712. The zero-order chi connectivity index (χ0) is 7.66. The molecule has 0 atom stereocenters. The summed E-state index contributed by atoms with van der Waals surface area (Å²) < 4.78 is 0. The lowest BCUT2D eigenvalue weighted by Gasteiger charge is -1.65. The van der Waals surface area contributed by atoms with Gasteiger partial charge < -0.3 is 0 Å². The monoisotopic (exact) mass is 260 g/mol. The van der Waals surface area contributed by atoms with E-state index >= 15 is 0 Å². The molecule has 0 radical (unpaired) electrons. The minimum Gasteiger partial charge on any atom is -0.0869 e. The average molecular weight is 262 g/mol. The standard InChI is InChI=1S/C8H6Br2/c9-7-5-3-1-2-4-6-8-10/h1-2H,7-8H2/b2-1+. The van der Waals surface area contributed by atoms with Gasteiger partial charge in [0.15, 0.2) is 0 Å². The van der Waals surface area contributed by atoms with Crippen molar-refractivity contribution in [3.05, 3.63) is 12.2 Å². The van der Waals surface area contributed by atoms with Gasteiger partial charge in [-0.2, -0.15) is 0 Å². The molecule has 0 rings (SSSR count). The summed E-state index contributed by atoms with van der Waals surface area (Å²) in [5.41, 5.74) is 0. The third-order valence-electron chi connectivity index (χ3n) is 0.588. The molecule has 0 aromatic heterocycles. The highest BCUT2D eigenvalue weighted by atomic mass is 79.9. The van der Waals surface area contributed by atoms with Crippen molar-refractivity contribution in [2.45, 2.75) is 0 Å². The Hall–Kier alpha value is -0.180. The molecule has 0 aliphatic heterocycles. The first-order valence-corrected chi connectivity index (χ1v) is 4.90. The summed E-state index contributed by atoms with van der Waals surface area (Å²) in [6.45, 7) is 0. The molecule has 0 aromatic rings. The van der Waals surface area contributed by atoms with Gasteiger partial charge in [-0.1, -0.05) is 55.5 Å². The summed E-state index contributed by atoms with van der Waals surface area (Å²) in [4.78, 5) is 0. The van der Waals surface area contributed by atoms with E-state index in [2.05, 4.69) is 55.5 Å². The van der Waals surface area contributed by atoms with Crippen molar-refractivity contribution in [1.82, 2.24) is 0 Å². The van der Waals surface area contributed by atoms with E-state index in [0.717, 1.165) is 0 Å². The molecular weight excluding hydrogens is 256 g/mol. The van der Waals surface area contributed by atoms with Gasteiger partial charge in [-0.05, 0) is 12.2 Å². The van der Waals surface area contributed by atoms with Gasteiger partial charge in [0.25, 0.3) is 0 Å². The van der Waals surface area contributed by atoms with Crippen LogP contribution in [0.25, 0.3) is 0 Å². The van der Waals surface area contributed by atoms with Crippen LogP contribution in [-0.4, -0.2) is 10.7 Å². The van der Waals surface area contributed by atoms with Crippen LogP contribution in [0.1, 0.15) is 0 Å². The first-order chi connectivity index (χ1) is 4.91. The second kappa shape index (κ2) is 8.82. The first-order valence-electron chi connectivity index (χ1n) is 2.65. The Balaban J connectivity index is 3.56. The van der Waals surface area contributed by atoms with E-state index in [0.29, 0.717) is 10.7 Å². The van der Waals surface area contributed by atoms with Crippen LogP contribution in [0.15, 0.2) is 12.2 Å². The van der Waals surface area contributed by atoms with Crippen LogP contribution in [0.2, 0.25) is 0 Å². The predicted molar refractivity (Wildman–Crippen MR) is 52.3 cm³/mol. The molecule has 0 N–H and O–H groups in total. The molecule has 0 aliphatic rings. The van der Waals surface area contributed by atoms with Crippen molar-refractivity contribution in [3.8, 4) is 23.7 Å². The highest BCUT2D eigenvalue weighted by molar-refractivity contribution is 9.09. The van der Waals surface area contributed by atoms with E-state index in [-0.39, 0.29) is 0 Å². The predicted octanol–water partition coefficient (Wildman–Crippen LogP) is 2.34. The van der Waals surface area contributed by atoms with E-state index in [9.17, 15) is 0 Å². The summed E-state index contributed by atoms with van der Waals surface area (Å²) in [7, 11) is 0. The van der Waals surface area contributed by atoms with Crippen molar-refractivity contribution in [3.63, 3.8) is 0 Å². The van der Waals surface area contributed by atoms with Gasteiger partial charge in [0.1, 0.15) is 0 Å². The minimum atomic E-state index is 0.712. The lowest BCUT2D eigenvalue weighted by molar-refractivity contribution is 1.95. The van der Waals surface area contributed by atoms with E-state index in [1.807, 2.05) is 0 Å². The normalized spacial score (nSPS) is 7.80. The van der Waals surface area contributed by atoms with Crippen molar-refractivity contribution >= 4 is 31.9 Å². The number of alkyl halides is 2. The topological polar surface area (TPSA) is 0 Å². The fraction of sp³-hybridized carbons (Fsp3) is 0.250. The van der Waals surface area contributed by atoms with Gasteiger partial charge in [-0.3, -0.25) is 0 Å². The third kappa shape index (κ3) is 7.82. The molecule has 0 aliphatic carbocycles. The molecule has 0 unspecified atom stereocenters. The molecule has 0 spiro atoms. The number of halogens is 2. The number of hydrogen-bond donors (Lipinski definition) is 0. The Morgan fingerprint density at radius 1 is 0.900 bits per heavy atom. The van der Waals surface area contributed by atoms with Crippen molar-refractivity contribution in [1.29, 1.82) is 0 Å². The molecule has 0 heterocycles. The average Bonchev–Trinajstić information content (AvgIpc) is 1.97. The molecule has 0 fully saturated rings. The van der Waals surface area contributed by atoms with Crippen molar-refractivity contribution in [2.24, 2.45) is 0 Å². The van der Waals surface area contributed by atoms with E-state index in [4.69, 9.17) is 0 Å². The SMILES string of the molecule is BrCC#C/C=C/C#CCBr. The molecule has 2 heteroatoms. The Morgan fingerprint density at radius 3 is 1.60 bits per heavy atom. The Kier molecular flexibility index (Phi) is 8.66. The summed E-state index contributed by atoms with van der Waals surface area (Å²) >= 11 is 6.36. The Bertz CT molecular complexity index is 183. The second-order valence-electron chi connectivity index (χ2n) is 1.24. The second-order valence-corrected chi connectivity index (χ2v) is 2.36. The summed E-state index contributed by atoms with van der Waals surface area (Å²) in [5, 5.41) is 1.42. The highest BCUT2D eigenvalue weighted by Crippen LogP contribution is 1.75. The molecule has 10 heavy (non-hydrogen) atoms. The van der Waals surface area contributed by atoms with E-state index in [1.54, 1.807) is 12.2 Å². The highest BCUT2D eigenvalue weighted by Gasteiger charge is 1.60. The van der Waals surface area contributed by atoms with Gasteiger partial charge in [0, 0.05) is 0 Å². The lowest BCUT2D eigenvalue weighted by Crippen LogP contribution is -1.58. The zero-order valence-electron chi connectivity index (χ0n) is 5.32. The molecule has 0 nitrogen and oxygen atoms in total. The molecule has 0 amide bonds. The van der Waals surface area contributed by atoms with Gasteiger partial charge in [-0.25, -0.2) is 0 Å². The van der Waals surface area contributed by atoms with Crippen LogP contribution in [-0.2, 0) is 0 Å². The summed E-state index contributed by atoms with van der Waals surface area (Å²) in [6, 6.07) is 0. The van der Waals surface area contributed by atoms with Gasteiger partial charge in [0.2, 0.25) is 0 Å². The van der Waals surface area contributed by atoms with Crippen molar-refractivity contribution in [2.75, 3.05) is 10.7 Å². The van der Waals surface area contributed by atoms with Crippen LogP contribution in [0.5, 0.6) is 0 Å².